The van der Waals surface area contributed by atoms with Gasteiger partial charge in [0.15, 0.2) is 0 Å². The number of carbonyl (C=O) groups excluding carboxylic acids is 2. The van der Waals surface area contributed by atoms with Crippen molar-refractivity contribution < 1.29 is 23.9 Å². The number of amides is 2. The Balaban J connectivity index is 2.02. The van der Waals surface area contributed by atoms with E-state index in [0.717, 1.165) is 6.42 Å². The average molecular weight is 336 g/mol. The van der Waals surface area contributed by atoms with E-state index < -0.39 is 35.6 Å². The number of halogens is 1. The minimum absolute atomic E-state index is 0.308. The van der Waals surface area contributed by atoms with Gasteiger partial charge in [0.05, 0.1) is 0 Å². The van der Waals surface area contributed by atoms with Gasteiger partial charge in [-0.3, -0.25) is 9.59 Å². The zero-order valence-electron chi connectivity index (χ0n) is 13.5. The number of nitrogens with one attached hydrogen (secondary N) is 1. The Morgan fingerprint density at radius 2 is 2.04 bits per heavy atom. The van der Waals surface area contributed by atoms with Gasteiger partial charge < -0.3 is 15.3 Å². The SMILES string of the molecule is CCCC[C@H](NC(=O)C1CCN(c2ccc(F)cc2)C1=O)C(=O)O. The largest absolute Gasteiger partial charge is 0.480 e. The van der Waals surface area contributed by atoms with Gasteiger partial charge in [0.25, 0.3) is 0 Å². The predicted octanol–water partition coefficient (Wildman–Crippen LogP) is 1.94. The molecule has 1 fully saturated rings. The Morgan fingerprint density at radius 3 is 2.62 bits per heavy atom. The van der Waals surface area contributed by atoms with Crippen molar-refractivity contribution in [1.29, 1.82) is 0 Å². The lowest BCUT2D eigenvalue weighted by molar-refractivity contribution is -0.143. The van der Waals surface area contributed by atoms with E-state index in [0.29, 0.717) is 31.5 Å². The summed E-state index contributed by atoms with van der Waals surface area (Å²) in [4.78, 5) is 37.3. The topological polar surface area (TPSA) is 86.7 Å². The number of hydrogen-bond donors (Lipinski definition) is 2. The summed E-state index contributed by atoms with van der Waals surface area (Å²) in [5.41, 5.74) is 0.525. The standard InChI is InChI=1S/C17H21FN2O4/c1-2-3-4-14(17(23)24)19-15(21)13-9-10-20(16(13)22)12-7-5-11(18)6-8-12/h5-8,13-14H,2-4,9-10H2,1H3,(H,19,21)(H,23,24)/t13?,14-/m0/s1. The second-order valence-corrected chi connectivity index (χ2v) is 5.85. The quantitative estimate of drug-likeness (QED) is 0.745. The predicted molar refractivity (Wildman–Crippen MR) is 86.0 cm³/mol. The van der Waals surface area contributed by atoms with Crippen molar-refractivity contribution in [2.75, 3.05) is 11.4 Å². The maximum absolute atomic E-state index is 13.0. The van der Waals surface area contributed by atoms with Crippen LogP contribution in [0.25, 0.3) is 0 Å². The van der Waals surface area contributed by atoms with Crippen LogP contribution in [0.15, 0.2) is 24.3 Å². The molecule has 0 spiro atoms. The number of unbranched alkanes of at least 4 members (excludes halogenated alkanes) is 1. The summed E-state index contributed by atoms with van der Waals surface area (Å²) in [6.45, 7) is 2.27. The van der Waals surface area contributed by atoms with Crippen molar-refractivity contribution >= 4 is 23.5 Å². The van der Waals surface area contributed by atoms with Crippen LogP contribution in [0.1, 0.15) is 32.6 Å². The van der Waals surface area contributed by atoms with Crippen LogP contribution >= 0.6 is 0 Å². The average Bonchev–Trinajstić information content (AvgIpc) is 2.93. The normalized spacial score (nSPS) is 18.5. The van der Waals surface area contributed by atoms with E-state index in [-0.39, 0.29) is 0 Å². The third-order valence-electron chi connectivity index (χ3n) is 4.12. The number of carboxylic acid groups (broad SMARTS) is 1. The van der Waals surface area contributed by atoms with Gasteiger partial charge in [-0.25, -0.2) is 9.18 Å². The molecule has 0 radical (unpaired) electrons. The second-order valence-electron chi connectivity index (χ2n) is 5.85. The van der Waals surface area contributed by atoms with Gasteiger partial charge in [-0.05, 0) is 37.1 Å². The molecule has 1 aliphatic rings. The molecule has 1 heterocycles. The number of hydrogen-bond acceptors (Lipinski definition) is 3. The summed E-state index contributed by atoms with van der Waals surface area (Å²) in [5, 5.41) is 11.6. The Hall–Kier alpha value is -2.44. The molecular formula is C17H21FN2O4. The lowest BCUT2D eigenvalue weighted by Gasteiger charge is -2.18. The first-order chi connectivity index (χ1) is 11.4. The highest BCUT2D eigenvalue weighted by atomic mass is 19.1. The van der Waals surface area contributed by atoms with Gasteiger partial charge in [-0.2, -0.15) is 0 Å². The van der Waals surface area contributed by atoms with Gasteiger partial charge >= 0.3 is 5.97 Å². The van der Waals surface area contributed by atoms with Crippen molar-refractivity contribution in [1.82, 2.24) is 5.32 Å². The third kappa shape index (κ3) is 4.10. The fraction of sp³-hybridized carbons (Fsp3) is 0.471. The van der Waals surface area contributed by atoms with Crippen LogP contribution in [0.3, 0.4) is 0 Å². The van der Waals surface area contributed by atoms with Crippen LogP contribution in [0.2, 0.25) is 0 Å². The monoisotopic (exact) mass is 336 g/mol. The molecule has 0 bridgehead atoms. The lowest BCUT2D eigenvalue weighted by atomic mass is 10.1. The zero-order valence-corrected chi connectivity index (χ0v) is 13.5. The third-order valence-corrected chi connectivity index (χ3v) is 4.12. The molecule has 1 saturated heterocycles. The molecule has 2 N–H and O–H groups in total. The van der Waals surface area contributed by atoms with Crippen molar-refractivity contribution in [3.8, 4) is 0 Å². The molecule has 1 aromatic carbocycles. The van der Waals surface area contributed by atoms with Crippen molar-refractivity contribution in [2.24, 2.45) is 5.92 Å². The molecule has 1 unspecified atom stereocenters. The first kappa shape index (κ1) is 17.9. The summed E-state index contributed by atoms with van der Waals surface area (Å²) in [5.74, 6) is -3.36. The molecule has 0 saturated carbocycles. The fourth-order valence-electron chi connectivity index (χ4n) is 2.74. The molecule has 1 aliphatic heterocycles. The number of nitrogens with zero attached hydrogens (tertiary/aromatic N) is 1. The Labute approximate surface area is 139 Å². The van der Waals surface area contributed by atoms with E-state index in [1.165, 1.54) is 29.2 Å². The number of benzene rings is 1. The summed E-state index contributed by atoms with van der Waals surface area (Å²) in [7, 11) is 0. The van der Waals surface area contributed by atoms with Gasteiger partial charge in [-0.15, -0.1) is 0 Å². The van der Waals surface area contributed by atoms with Crippen molar-refractivity contribution in [2.45, 2.75) is 38.6 Å². The minimum Gasteiger partial charge on any atom is -0.480 e. The molecule has 130 valence electrons. The maximum atomic E-state index is 13.0. The van der Waals surface area contributed by atoms with Crippen molar-refractivity contribution in [3.63, 3.8) is 0 Å². The summed E-state index contributed by atoms with van der Waals surface area (Å²) in [6.07, 6.45) is 2.14. The molecule has 2 atom stereocenters. The van der Waals surface area contributed by atoms with Crippen LogP contribution in [-0.2, 0) is 14.4 Å². The highest BCUT2D eigenvalue weighted by Crippen LogP contribution is 2.25. The van der Waals surface area contributed by atoms with E-state index in [1.807, 2.05) is 6.92 Å². The molecule has 0 aromatic heterocycles. The summed E-state index contributed by atoms with van der Waals surface area (Å²) in [6, 6.07) is 4.48. The fourth-order valence-corrected chi connectivity index (χ4v) is 2.74. The summed E-state index contributed by atoms with van der Waals surface area (Å²) < 4.78 is 13.0. The van der Waals surface area contributed by atoms with E-state index in [9.17, 15) is 18.8 Å². The number of anilines is 1. The molecule has 24 heavy (non-hydrogen) atoms. The first-order valence-corrected chi connectivity index (χ1v) is 8.04. The van der Waals surface area contributed by atoms with Crippen LogP contribution < -0.4 is 10.2 Å². The number of carboxylic acids is 1. The van der Waals surface area contributed by atoms with E-state index in [1.54, 1.807) is 0 Å². The Kier molecular flexibility index (Phi) is 5.89. The Bertz CT molecular complexity index is 618. The van der Waals surface area contributed by atoms with Gasteiger partial charge in [0.2, 0.25) is 11.8 Å². The number of aliphatic carboxylic acids is 1. The highest BCUT2D eigenvalue weighted by molar-refractivity contribution is 6.10. The highest BCUT2D eigenvalue weighted by Gasteiger charge is 2.38. The van der Waals surface area contributed by atoms with Crippen LogP contribution in [-0.4, -0.2) is 35.5 Å². The number of rotatable bonds is 7. The van der Waals surface area contributed by atoms with Crippen LogP contribution in [0.4, 0.5) is 10.1 Å². The van der Waals surface area contributed by atoms with Crippen molar-refractivity contribution in [3.05, 3.63) is 30.1 Å². The van der Waals surface area contributed by atoms with Crippen LogP contribution in [0.5, 0.6) is 0 Å². The number of carbonyl (C=O) groups is 3. The van der Waals surface area contributed by atoms with E-state index >= 15 is 0 Å². The molecule has 2 amide bonds. The van der Waals surface area contributed by atoms with E-state index in [2.05, 4.69) is 5.32 Å². The zero-order chi connectivity index (χ0) is 17.7. The van der Waals surface area contributed by atoms with E-state index in [4.69, 9.17) is 5.11 Å². The molecule has 6 nitrogen and oxygen atoms in total. The molecule has 1 aromatic rings. The molecular weight excluding hydrogens is 315 g/mol. The molecule has 7 heteroatoms. The van der Waals surface area contributed by atoms with Gasteiger partial charge in [0, 0.05) is 12.2 Å². The first-order valence-electron chi connectivity index (χ1n) is 8.04. The Morgan fingerprint density at radius 1 is 1.38 bits per heavy atom. The second kappa shape index (κ2) is 7.90. The molecule has 2 rings (SSSR count). The minimum atomic E-state index is -1.10. The van der Waals surface area contributed by atoms with Gasteiger partial charge in [0.1, 0.15) is 17.8 Å². The van der Waals surface area contributed by atoms with Gasteiger partial charge in [-0.1, -0.05) is 19.8 Å². The maximum Gasteiger partial charge on any atom is 0.326 e. The molecule has 0 aliphatic carbocycles. The van der Waals surface area contributed by atoms with Crippen LogP contribution in [0, 0.1) is 11.7 Å². The smallest absolute Gasteiger partial charge is 0.326 e. The lowest BCUT2D eigenvalue weighted by Crippen LogP contribution is -2.45. The summed E-state index contributed by atoms with van der Waals surface area (Å²) >= 11 is 0.